The zero-order valence-corrected chi connectivity index (χ0v) is 21.8. The highest BCUT2D eigenvalue weighted by Gasteiger charge is 2.49. The van der Waals surface area contributed by atoms with Gasteiger partial charge in [0, 0.05) is 29.7 Å². The van der Waals surface area contributed by atoms with E-state index in [1.807, 2.05) is 35.2 Å². The van der Waals surface area contributed by atoms with Crippen LogP contribution in [0.2, 0.25) is 5.02 Å². The van der Waals surface area contributed by atoms with Gasteiger partial charge in [-0.3, -0.25) is 0 Å². The van der Waals surface area contributed by atoms with Crippen molar-refractivity contribution in [3.63, 3.8) is 0 Å². The molecular formula is C24H22ClF3N4O6S. The summed E-state index contributed by atoms with van der Waals surface area (Å²) in [5.74, 6) is -0.774. The second-order valence-corrected chi connectivity index (χ2v) is 11.0. The van der Waals surface area contributed by atoms with E-state index in [0.717, 1.165) is 16.5 Å². The van der Waals surface area contributed by atoms with Crippen LogP contribution in [-0.2, 0) is 23.1 Å². The largest absolute Gasteiger partial charge is 0.534 e. The average Bonchev–Trinajstić information content (AvgIpc) is 3.35. The van der Waals surface area contributed by atoms with Crippen LogP contribution in [0.1, 0.15) is 24.1 Å². The molecule has 10 nitrogen and oxygen atoms in total. The predicted octanol–water partition coefficient (Wildman–Crippen LogP) is 4.60. The molecule has 39 heavy (non-hydrogen) atoms. The highest BCUT2D eigenvalue weighted by Crippen LogP contribution is 2.37. The van der Waals surface area contributed by atoms with E-state index in [4.69, 9.17) is 16.3 Å². The molecule has 208 valence electrons. The number of anilines is 1. The summed E-state index contributed by atoms with van der Waals surface area (Å²) >= 11 is 6.47. The van der Waals surface area contributed by atoms with Crippen LogP contribution in [0.25, 0.3) is 10.8 Å². The minimum Gasteiger partial charge on any atom is -0.465 e. The van der Waals surface area contributed by atoms with Crippen LogP contribution in [-0.4, -0.2) is 65.7 Å². The molecule has 1 atom stereocenters. The number of fused-ring (bicyclic) bond motifs is 2. The molecule has 2 aliphatic rings. The quantitative estimate of drug-likeness (QED) is 0.326. The molecule has 1 saturated heterocycles. The Bertz CT molecular complexity index is 1530. The van der Waals surface area contributed by atoms with Gasteiger partial charge in [0.15, 0.2) is 0 Å². The van der Waals surface area contributed by atoms with Gasteiger partial charge in [-0.2, -0.15) is 31.6 Å². The zero-order chi connectivity index (χ0) is 27.9. The van der Waals surface area contributed by atoms with Crippen LogP contribution in [0.5, 0.6) is 11.9 Å². The molecule has 0 radical (unpaired) electrons. The first kappa shape index (κ1) is 27.1. The number of carboxylic acid groups (broad SMARTS) is 1. The fourth-order valence-electron chi connectivity index (χ4n) is 4.84. The van der Waals surface area contributed by atoms with Crippen molar-refractivity contribution in [2.45, 2.75) is 37.4 Å². The summed E-state index contributed by atoms with van der Waals surface area (Å²) in [5.41, 5.74) is -4.59. The van der Waals surface area contributed by atoms with Gasteiger partial charge in [-0.05, 0) is 36.8 Å². The number of rotatable bonds is 6. The maximum absolute atomic E-state index is 13.1. The molecule has 2 aliphatic heterocycles. The summed E-state index contributed by atoms with van der Waals surface area (Å²) in [7, 11) is -6.01. The van der Waals surface area contributed by atoms with Gasteiger partial charge in [0.25, 0.3) is 0 Å². The lowest BCUT2D eigenvalue weighted by atomic mass is 10.0. The monoisotopic (exact) mass is 586 g/mol. The first-order valence-electron chi connectivity index (χ1n) is 11.9. The van der Waals surface area contributed by atoms with Crippen LogP contribution < -0.4 is 13.8 Å². The van der Waals surface area contributed by atoms with Crippen molar-refractivity contribution in [1.82, 2.24) is 14.9 Å². The standard InChI is InChI=1S/C24H22ClF3N4O6S/c25-17-7-1-4-14-5-2-8-19(20(14)17)31-11-9-16-18(12-31)29-22(30-21(16)38-39(35,36)24(26,27)28)37-13-15-6-3-10-32(15)23(33)34/h1-2,4-5,7-8,15H,3,6,9-13H2,(H,33,34)/t15-/m0/s1. The van der Waals surface area contributed by atoms with Gasteiger partial charge >= 0.3 is 27.7 Å². The molecule has 0 bridgehead atoms. The Kier molecular flexibility index (Phi) is 7.10. The van der Waals surface area contributed by atoms with Crippen molar-refractivity contribution in [2.75, 3.05) is 24.6 Å². The van der Waals surface area contributed by atoms with E-state index in [1.165, 1.54) is 4.90 Å². The zero-order valence-electron chi connectivity index (χ0n) is 20.2. The Balaban J connectivity index is 1.50. The number of carbonyl (C=O) groups is 1. The summed E-state index contributed by atoms with van der Waals surface area (Å²) < 4.78 is 73.0. The van der Waals surface area contributed by atoms with Gasteiger partial charge in [-0.1, -0.05) is 35.9 Å². The number of likely N-dealkylation sites (tertiary alicyclic amines) is 1. The second-order valence-electron chi connectivity index (χ2n) is 9.09. The summed E-state index contributed by atoms with van der Waals surface area (Å²) in [5, 5.41) is 11.5. The Morgan fingerprint density at radius 1 is 1.15 bits per heavy atom. The molecule has 1 fully saturated rings. The number of alkyl halides is 3. The third kappa shape index (κ3) is 5.35. The first-order chi connectivity index (χ1) is 18.4. The predicted molar refractivity (Wildman–Crippen MR) is 135 cm³/mol. The smallest absolute Gasteiger partial charge is 0.465 e. The lowest BCUT2D eigenvalue weighted by Gasteiger charge is -2.31. The molecule has 15 heteroatoms. The molecule has 3 aromatic rings. The Labute approximate surface area is 226 Å². The third-order valence-electron chi connectivity index (χ3n) is 6.68. The Morgan fingerprint density at radius 2 is 1.90 bits per heavy atom. The van der Waals surface area contributed by atoms with Crippen LogP contribution in [0.15, 0.2) is 36.4 Å². The number of benzene rings is 2. The minimum atomic E-state index is -6.01. The molecule has 3 heterocycles. The fourth-order valence-corrected chi connectivity index (χ4v) is 5.55. The van der Waals surface area contributed by atoms with Crippen LogP contribution in [0.3, 0.4) is 0 Å². The van der Waals surface area contributed by atoms with Crippen LogP contribution >= 0.6 is 11.6 Å². The molecule has 2 aromatic carbocycles. The van der Waals surface area contributed by atoms with Gasteiger partial charge in [-0.15, -0.1) is 0 Å². The normalized spacial score (nSPS) is 17.8. The van der Waals surface area contributed by atoms with Crippen LogP contribution in [0.4, 0.5) is 23.7 Å². The first-order valence-corrected chi connectivity index (χ1v) is 13.7. The maximum Gasteiger partial charge on any atom is 0.534 e. The number of ether oxygens (including phenoxy) is 1. The number of halogens is 4. The van der Waals surface area contributed by atoms with Gasteiger partial charge < -0.3 is 23.8 Å². The number of hydrogen-bond donors (Lipinski definition) is 1. The van der Waals surface area contributed by atoms with E-state index in [9.17, 15) is 31.5 Å². The van der Waals surface area contributed by atoms with Crippen molar-refractivity contribution in [1.29, 1.82) is 0 Å². The third-order valence-corrected chi connectivity index (χ3v) is 7.94. The van der Waals surface area contributed by atoms with E-state index in [1.54, 1.807) is 6.07 Å². The summed E-state index contributed by atoms with van der Waals surface area (Å²) in [4.78, 5) is 22.7. The van der Waals surface area contributed by atoms with Crippen LogP contribution in [0, 0.1) is 0 Å². The fraction of sp³-hybridized carbons (Fsp3) is 0.375. The molecule has 1 N–H and O–H groups in total. The van der Waals surface area contributed by atoms with Gasteiger partial charge in [0.2, 0.25) is 5.88 Å². The van der Waals surface area contributed by atoms with Gasteiger partial charge in [-0.25, -0.2) is 4.79 Å². The number of nitrogens with zero attached hydrogens (tertiary/aromatic N) is 4. The Hall–Kier alpha value is -3.52. The van der Waals surface area contributed by atoms with E-state index in [-0.39, 0.29) is 30.8 Å². The van der Waals surface area contributed by atoms with E-state index in [2.05, 4.69) is 14.2 Å². The molecule has 0 aliphatic carbocycles. The highest BCUT2D eigenvalue weighted by atomic mass is 35.5. The molecule has 1 amide bonds. The SMILES string of the molecule is O=C(O)N1CCC[C@H]1COc1nc2c(c(OS(=O)(=O)C(F)(F)F)n1)CCN(c1cccc3cccc(Cl)c13)C2. The van der Waals surface area contributed by atoms with Crippen molar-refractivity contribution >= 4 is 44.3 Å². The van der Waals surface area contributed by atoms with Crippen molar-refractivity contribution in [2.24, 2.45) is 0 Å². The molecule has 1 aromatic heterocycles. The van der Waals surface area contributed by atoms with Crippen molar-refractivity contribution in [3.8, 4) is 11.9 Å². The summed E-state index contributed by atoms with van der Waals surface area (Å²) in [6, 6.07) is 10.1. The molecule has 0 unspecified atom stereocenters. The number of hydrogen-bond acceptors (Lipinski definition) is 8. The summed E-state index contributed by atoms with van der Waals surface area (Å²) in [6.45, 7) is 0.513. The second kappa shape index (κ2) is 10.2. The van der Waals surface area contributed by atoms with E-state index >= 15 is 0 Å². The van der Waals surface area contributed by atoms with E-state index in [0.29, 0.717) is 31.0 Å². The summed E-state index contributed by atoms with van der Waals surface area (Å²) in [6.07, 6.45) is 0.0801. The molecule has 0 saturated carbocycles. The lowest BCUT2D eigenvalue weighted by Crippen LogP contribution is -2.38. The maximum atomic E-state index is 13.1. The van der Waals surface area contributed by atoms with Gasteiger partial charge in [0.05, 0.1) is 23.3 Å². The molecule has 0 spiro atoms. The lowest BCUT2D eigenvalue weighted by molar-refractivity contribution is -0.0502. The molecular weight excluding hydrogens is 565 g/mol. The Morgan fingerprint density at radius 3 is 2.62 bits per heavy atom. The van der Waals surface area contributed by atoms with Crippen molar-refractivity contribution < 1.29 is 40.4 Å². The minimum absolute atomic E-state index is 0.0751. The number of aromatic nitrogens is 2. The highest BCUT2D eigenvalue weighted by molar-refractivity contribution is 7.87. The van der Waals surface area contributed by atoms with Crippen molar-refractivity contribution in [3.05, 3.63) is 52.7 Å². The molecule has 5 rings (SSSR count). The van der Waals surface area contributed by atoms with Gasteiger partial charge in [0.1, 0.15) is 6.61 Å². The number of amides is 1. The topological polar surface area (TPSA) is 122 Å². The average molecular weight is 587 g/mol. The van der Waals surface area contributed by atoms with E-state index < -0.39 is 39.7 Å².